The second kappa shape index (κ2) is 19.5. The van der Waals surface area contributed by atoms with E-state index in [0.29, 0.717) is 0 Å². The molecule has 0 fully saturated rings. The lowest BCUT2D eigenvalue weighted by Crippen LogP contribution is -2.31. The Labute approximate surface area is 467 Å². The van der Waals surface area contributed by atoms with Crippen LogP contribution in [0.3, 0.4) is 0 Å². The minimum absolute atomic E-state index is 0.0122. The maximum atomic E-state index is 6.47. The van der Waals surface area contributed by atoms with Crippen molar-refractivity contribution in [2.24, 2.45) is 0 Å². The minimum Gasteiger partial charge on any atom is -0.455 e. The van der Waals surface area contributed by atoms with Gasteiger partial charge in [0.2, 0.25) is 0 Å². The summed E-state index contributed by atoms with van der Waals surface area (Å²) in [6.45, 7) is 2.41. The zero-order valence-electron chi connectivity index (χ0n) is 44.4. The van der Waals surface area contributed by atoms with Gasteiger partial charge in [0, 0.05) is 45.2 Å². The van der Waals surface area contributed by atoms with Crippen molar-refractivity contribution < 1.29 is 4.42 Å². The Morgan fingerprint density at radius 2 is 0.787 bits per heavy atom. The summed E-state index contributed by atoms with van der Waals surface area (Å²) in [5, 5.41) is 2.26. The molecule has 1 heterocycles. The van der Waals surface area contributed by atoms with Crippen molar-refractivity contribution in [2.75, 3.05) is 4.90 Å². The highest BCUT2D eigenvalue weighted by Crippen LogP contribution is 2.68. The maximum absolute atomic E-state index is 6.47. The molecule has 2 unspecified atom stereocenters. The van der Waals surface area contributed by atoms with Gasteiger partial charge in [-0.3, -0.25) is 0 Å². The molecule has 0 radical (unpaired) electrons. The van der Waals surface area contributed by atoms with E-state index in [4.69, 9.17) is 4.42 Å². The highest BCUT2D eigenvalue weighted by Gasteiger charge is 2.57. The molecule has 80 heavy (non-hydrogen) atoms. The van der Waals surface area contributed by atoms with E-state index in [1.165, 1.54) is 77.9 Å². The van der Waals surface area contributed by atoms with Crippen LogP contribution < -0.4 is 4.90 Å². The van der Waals surface area contributed by atoms with Crippen molar-refractivity contribution in [2.45, 2.75) is 24.2 Å². The number of rotatable bonds is 10. The molecule has 2 atom stereocenters. The van der Waals surface area contributed by atoms with E-state index >= 15 is 0 Å². The average molecular weight is 1020 g/mol. The summed E-state index contributed by atoms with van der Waals surface area (Å²) in [6.07, 6.45) is 0. The van der Waals surface area contributed by atoms with Gasteiger partial charge in [-0.15, -0.1) is 0 Å². The van der Waals surface area contributed by atoms with Crippen molar-refractivity contribution in [3.8, 4) is 44.5 Å². The average Bonchev–Trinajstić information content (AvgIpc) is 3.65. The van der Waals surface area contributed by atoms with Crippen LogP contribution in [0.2, 0.25) is 0 Å². The summed E-state index contributed by atoms with van der Waals surface area (Å²) in [5.74, 6) is 0.0724. The highest BCUT2D eigenvalue weighted by atomic mass is 16.3. The molecule has 1 spiro atoms. The van der Waals surface area contributed by atoms with E-state index in [0.717, 1.165) is 55.7 Å². The standard InChI is InChI=1S/C78H55NO/c1-52(74(59-22-7-3-8-23-59)75-69-29-13-17-34-72(69)78(76(75)60-24-9-4-10-25-60)70-32-15-11-26-65(70)66-27-12-16-33-71(66)78)53-36-38-55(39-37-53)57-42-48-62(49-43-57)79(61-46-40-56(41-47-61)54-20-5-2-6-21-54)63-50-44-58(45-51-63)64-30-19-31-68-67-28-14-18-35-73(67)80-77(64)68/h2-52,76H,1H3/b75-74+. The second-order valence-electron chi connectivity index (χ2n) is 21.4. The van der Waals surface area contributed by atoms with Crippen molar-refractivity contribution in [3.05, 3.63) is 342 Å². The van der Waals surface area contributed by atoms with Crippen LogP contribution in [0.5, 0.6) is 0 Å². The molecular weight excluding hydrogens is 967 g/mol. The van der Waals surface area contributed by atoms with E-state index in [2.05, 4.69) is 303 Å². The first-order chi connectivity index (χ1) is 39.6. The van der Waals surface area contributed by atoms with Crippen molar-refractivity contribution in [1.82, 2.24) is 0 Å². The van der Waals surface area contributed by atoms with Crippen LogP contribution in [0.1, 0.15) is 57.7 Å². The van der Waals surface area contributed by atoms with E-state index in [-0.39, 0.29) is 11.8 Å². The predicted octanol–water partition coefficient (Wildman–Crippen LogP) is 20.9. The molecule has 378 valence electrons. The zero-order chi connectivity index (χ0) is 53.2. The number of anilines is 3. The second-order valence-corrected chi connectivity index (χ2v) is 21.4. The molecule has 12 aromatic carbocycles. The fraction of sp³-hybridized carbons (Fsp3) is 0.0513. The largest absolute Gasteiger partial charge is 0.455 e. The van der Waals surface area contributed by atoms with Crippen LogP contribution >= 0.6 is 0 Å². The van der Waals surface area contributed by atoms with Crippen LogP contribution in [-0.4, -0.2) is 0 Å². The first-order valence-corrected chi connectivity index (χ1v) is 27.9. The Bertz CT molecular complexity index is 4390. The fourth-order valence-corrected chi connectivity index (χ4v) is 13.7. The fourth-order valence-electron chi connectivity index (χ4n) is 13.7. The SMILES string of the molecule is CC(/C(=C1/c2ccccc2C2(c3ccccc3-c3ccccc32)C1c1ccccc1)c1ccccc1)c1ccc(-c2ccc(N(c3ccc(-c4ccccc4)cc3)c3ccc(-c4cccc5c4oc4ccccc45)cc3)cc2)cc1. The van der Waals surface area contributed by atoms with Crippen LogP contribution in [0.15, 0.2) is 308 Å². The first kappa shape index (κ1) is 47.2. The quantitative estimate of drug-likeness (QED) is 0.136. The Hall–Kier alpha value is -10.0. The lowest BCUT2D eigenvalue weighted by atomic mass is 9.64. The molecule has 0 aliphatic heterocycles. The minimum atomic E-state index is -0.424. The molecule has 0 saturated heterocycles. The summed E-state index contributed by atoms with van der Waals surface area (Å²) in [6, 6.07) is 112. The number of para-hydroxylation sites is 2. The molecule has 2 aliphatic rings. The highest BCUT2D eigenvalue weighted by molar-refractivity contribution is 6.10. The van der Waals surface area contributed by atoms with Crippen LogP contribution in [0, 0.1) is 0 Å². The smallest absolute Gasteiger partial charge is 0.143 e. The van der Waals surface area contributed by atoms with Gasteiger partial charge in [-0.05, 0) is 131 Å². The number of nitrogens with zero attached hydrogens (tertiary/aromatic N) is 1. The molecule has 0 N–H and O–H groups in total. The lowest BCUT2D eigenvalue weighted by Gasteiger charge is -2.37. The van der Waals surface area contributed by atoms with Gasteiger partial charge in [0.05, 0.1) is 5.41 Å². The number of benzene rings is 12. The van der Waals surface area contributed by atoms with E-state index in [9.17, 15) is 0 Å². The zero-order valence-corrected chi connectivity index (χ0v) is 44.4. The summed E-state index contributed by atoms with van der Waals surface area (Å²) in [4.78, 5) is 2.35. The molecule has 0 amide bonds. The van der Waals surface area contributed by atoms with Crippen LogP contribution in [0.4, 0.5) is 17.1 Å². The maximum Gasteiger partial charge on any atom is 0.143 e. The number of furan rings is 1. The van der Waals surface area contributed by atoms with Gasteiger partial charge in [0.15, 0.2) is 0 Å². The number of allylic oxidation sites excluding steroid dienone is 2. The molecule has 2 aliphatic carbocycles. The topological polar surface area (TPSA) is 16.4 Å². The summed E-state index contributed by atoms with van der Waals surface area (Å²) in [7, 11) is 0. The molecule has 0 saturated carbocycles. The van der Waals surface area contributed by atoms with Gasteiger partial charge >= 0.3 is 0 Å². The van der Waals surface area contributed by atoms with Crippen LogP contribution in [0.25, 0.3) is 77.6 Å². The molecule has 2 heteroatoms. The van der Waals surface area contributed by atoms with Gasteiger partial charge in [0.1, 0.15) is 11.2 Å². The number of hydrogen-bond donors (Lipinski definition) is 0. The Morgan fingerprint density at radius 3 is 1.38 bits per heavy atom. The Kier molecular flexibility index (Phi) is 11.5. The molecule has 1 aromatic heterocycles. The van der Waals surface area contributed by atoms with Gasteiger partial charge in [0.25, 0.3) is 0 Å². The van der Waals surface area contributed by atoms with Crippen molar-refractivity contribution >= 4 is 50.1 Å². The molecule has 2 nitrogen and oxygen atoms in total. The third-order valence-corrected chi connectivity index (χ3v) is 17.2. The summed E-state index contributed by atoms with van der Waals surface area (Å²) < 4.78 is 6.47. The summed E-state index contributed by atoms with van der Waals surface area (Å²) in [5.41, 5.74) is 26.2. The first-order valence-electron chi connectivity index (χ1n) is 27.9. The molecular formula is C78H55NO. The Morgan fingerprint density at radius 1 is 0.362 bits per heavy atom. The van der Waals surface area contributed by atoms with E-state index in [1.54, 1.807) is 0 Å². The van der Waals surface area contributed by atoms with Crippen molar-refractivity contribution in [1.29, 1.82) is 0 Å². The monoisotopic (exact) mass is 1020 g/mol. The Balaban J connectivity index is 0.805. The third-order valence-electron chi connectivity index (χ3n) is 17.2. The summed E-state index contributed by atoms with van der Waals surface area (Å²) >= 11 is 0. The van der Waals surface area contributed by atoms with Crippen molar-refractivity contribution in [3.63, 3.8) is 0 Å². The molecule has 15 rings (SSSR count). The molecule has 13 aromatic rings. The normalized spacial score (nSPS) is 14.9. The van der Waals surface area contributed by atoms with Crippen LogP contribution in [-0.2, 0) is 5.41 Å². The van der Waals surface area contributed by atoms with Gasteiger partial charge in [-0.25, -0.2) is 0 Å². The van der Waals surface area contributed by atoms with Gasteiger partial charge < -0.3 is 9.32 Å². The number of fused-ring (bicyclic) bond motifs is 10. The lowest BCUT2D eigenvalue weighted by molar-refractivity contribution is 0.601. The van der Waals surface area contributed by atoms with E-state index < -0.39 is 5.41 Å². The predicted molar refractivity (Wildman–Crippen MR) is 334 cm³/mol. The van der Waals surface area contributed by atoms with Gasteiger partial charge in [-0.2, -0.15) is 0 Å². The third kappa shape index (κ3) is 7.63. The van der Waals surface area contributed by atoms with E-state index in [1.807, 2.05) is 12.1 Å². The van der Waals surface area contributed by atoms with Gasteiger partial charge in [-0.1, -0.05) is 268 Å². The number of hydrogen-bond acceptors (Lipinski definition) is 2. The molecule has 0 bridgehead atoms.